The summed E-state index contributed by atoms with van der Waals surface area (Å²) < 4.78 is 1.77. The smallest absolute Gasteiger partial charge is 0.292 e. The number of anilines is 1. The van der Waals surface area contributed by atoms with Gasteiger partial charge in [0, 0.05) is 31.4 Å². The predicted octanol–water partition coefficient (Wildman–Crippen LogP) is 3.12. The summed E-state index contributed by atoms with van der Waals surface area (Å²) in [4.78, 5) is 10.8. The number of rotatable bonds is 5. The first-order valence-electron chi connectivity index (χ1n) is 6.93. The van der Waals surface area contributed by atoms with E-state index in [-0.39, 0.29) is 10.6 Å². The monoisotopic (exact) mass is 288 g/mol. The molecule has 6 heteroatoms. The van der Waals surface area contributed by atoms with Crippen molar-refractivity contribution in [1.82, 2.24) is 9.78 Å². The molecule has 2 rings (SSSR count). The number of hydrogen-bond donors (Lipinski definition) is 1. The van der Waals surface area contributed by atoms with Crippen LogP contribution in [0.5, 0.6) is 0 Å². The van der Waals surface area contributed by atoms with Gasteiger partial charge in [0.25, 0.3) is 5.69 Å². The maximum absolute atomic E-state index is 11.2. The van der Waals surface area contributed by atoms with E-state index in [1.807, 2.05) is 40.1 Å². The van der Waals surface area contributed by atoms with Crippen molar-refractivity contribution in [3.8, 4) is 0 Å². The van der Waals surface area contributed by atoms with E-state index in [0.29, 0.717) is 12.2 Å². The van der Waals surface area contributed by atoms with Gasteiger partial charge in [0.15, 0.2) is 0 Å². The van der Waals surface area contributed by atoms with Crippen LogP contribution in [-0.4, -0.2) is 14.7 Å². The van der Waals surface area contributed by atoms with E-state index in [9.17, 15) is 10.1 Å². The molecule has 1 aromatic heterocycles. The number of nitrogens with one attached hydrogen (secondary N) is 1. The first-order valence-corrected chi connectivity index (χ1v) is 6.93. The molecule has 0 amide bonds. The molecular formula is C15H20N4O2. The zero-order valence-electron chi connectivity index (χ0n) is 12.8. The van der Waals surface area contributed by atoms with Crippen LogP contribution in [-0.2, 0) is 20.0 Å². The van der Waals surface area contributed by atoms with Crippen LogP contribution >= 0.6 is 0 Å². The summed E-state index contributed by atoms with van der Waals surface area (Å²) in [6, 6.07) is 3.44. The van der Waals surface area contributed by atoms with E-state index in [4.69, 9.17) is 0 Å². The number of benzene rings is 1. The highest BCUT2D eigenvalue weighted by molar-refractivity contribution is 5.64. The standard InChI is InChI=1S/C15H20N4O2/c1-5-13-12(9-18(4)17-13)8-16-14-6-10(2)11(3)7-15(14)19(20)21/h6-7,9,16H,5,8H2,1-4H3. The zero-order chi connectivity index (χ0) is 15.6. The summed E-state index contributed by atoms with van der Waals surface area (Å²) >= 11 is 0. The molecule has 0 saturated heterocycles. The highest BCUT2D eigenvalue weighted by Crippen LogP contribution is 2.28. The van der Waals surface area contributed by atoms with Crippen LogP contribution in [0.1, 0.15) is 29.3 Å². The Hall–Kier alpha value is -2.37. The summed E-state index contributed by atoms with van der Waals surface area (Å²) in [5.41, 5.74) is 4.69. The van der Waals surface area contributed by atoms with Gasteiger partial charge in [-0.05, 0) is 37.5 Å². The lowest BCUT2D eigenvalue weighted by molar-refractivity contribution is -0.384. The van der Waals surface area contributed by atoms with E-state index < -0.39 is 0 Å². The second-order valence-corrected chi connectivity index (χ2v) is 5.19. The Morgan fingerprint density at radius 1 is 1.33 bits per heavy atom. The third kappa shape index (κ3) is 3.21. The quantitative estimate of drug-likeness (QED) is 0.677. The Morgan fingerprint density at radius 3 is 2.62 bits per heavy atom. The number of hydrogen-bond acceptors (Lipinski definition) is 4. The van der Waals surface area contributed by atoms with Crippen molar-refractivity contribution >= 4 is 11.4 Å². The number of nitrogens with zero attached hydrogens (tertiary/aromatic N) is 3. The van der Waals surface area contributed by atoms with Gasteiger partial charge in [-0.1, -0.05) is 6.92 Å². The van der Waals surface area contributed by atoms with E-state index in [1.165, 1.54) is 0 Å². The summed E-state index contributed by atoms with van der Waals surface area (Å²) in [5.74, 6) is 0. The number of nitro groups is 1. The number of aromatic nitrogens is 2. The van der Waals surface area contributed by atoms with Gasteiger partial charge in [-0.3, -0.25) is 14.8 Å². The van der Waals surface area contributed by atoms with Gasteiger partial charge >= 0.3 is 0 Å². The van der Waals surface area contributed by atoms with Crippen LogP contribution in [0.25, 0.3) is 0 Å². The summed E-state index contributed by atoms with van der Waals surface area (Å²) in [6.07, 6.45) is 2.78. The molecule has 0 aliphatic rings. The molecule has 112 valence electrons. The first-order chi connectivity index (χ1) is 9.92. The van der Waals surface area contributed by atoms with Crippen molar-refractivity contribution < 1.29 is 4.92 Å². The molecule has 1 heterocycles. The molecule has 0 atom stereocenters. The third-order valence-electron chi connectivity index (χ3n) is 3.60. The average Bonchev–Trinajstić information content (AvgIpc) is 2.79. The van der Waals surface area contributed by atoms with Gasteiger partial charge in [0.2, 0.25) is 0 Å². The Labute approximate surface area is 123 Å². The Morgan fingerprint density at radius 2 is 2.00 bits per heavy atom. The minimum atomic E-state index is -0.348. The van der Waals surface area contributed by atoms with Crippen LogP contribution in [0, 0.1) is 24.0 Å². The minimum absolute atomic E-state index is 0.111. The SMILES string of the molecule is CCc1nn(C)cc1CNc1cc(C)c(C)cc1[N+](=O)[O-]. The van der Waals surface area contributed by atoms with Crippen LogP contribution in [0.2, 0.25) is 0 Å². The van der Waals surface area contributed by atoms with Crippen molar-refractivity contribution in [2.75, 3.05) is 5.32 Å². The minimum Gasteiger partial charge on any atom is -0.375 e. The fraction of sp³-hybridized carbons (Fsp3) is 0.400. The van der Waals surface area contributed by atoms with Crippen molar-refractivity contribution in [1.29, 1.82) is 0 Å². The number of nitro benzene ring substituents is 1. The molecule has 2 aromatic rings. The van der Waals surface area contributed by atoms with Gasteiger partial charge in [-0.2, -0.15) is 5.10 Å². The van der Waals surface area contributed by atoms with E-state index in [0.717, 1.165) is 28.8 Å². The summed E-state index contributed by atoms with van der Waals surface area (Å²) in [5, 5.41) is 18.7. The van der Waals surface area contributed by atoms with Gasteiger partial charge in [0.05, 0.1) is 10.6 Å². The van der Waals surface area contributed by atoms with Crippen molar-refractivity contribution in [2.45, 2.75) is 33.7 Å². The fourth-order valence-electron chi connectivity index (χ4n) is 2.31. The normalized spacial score (nSPS) is 10.7. The lowest BCUT2D eigenvalue weighted by Crippen LogP contribution is -2.04. The molecular weight excluding hydrogens is 268 g/mol. The van der Waals surface area contributed by atoms with Gasteiger partial charge < -0.3 is 5.32 Å². The van der Waals surface area contributed by atoms with E-state index >= 15 is 0 Å². The third-order valence-corrected chi connectivity index (χ3v) is 3.60. The maximum Gasteiger partial charge on any atom is 0.292 e. The molecule has 0 fully saturated rings. The average molecular weight is 288 g/mol. The zero-order valence-corrected chi connectivity index (χ0v) is 12.8. The maximum atomic E-state index is 11.2. The van der Waals surface area contributed by atoms with Crippen molar-refractivity contribution in [3.63, 3.8) is 0 Å². The molecule has 0 bridgehead atoms. The molecule has 1 N–H and O–H groups in total. The second-order valence-electron chi connectivity index (χ2n) is 5.19. The lowest BCUT2D eigenvalue weighted by atomic mass is 10.1. The molecule has 0 aliphatic carbocycles. The van der Waals surface area contributed by atoms with Gasteiger partial charge in [-0.15, -0.1) is 0 Å². The molecule has 21 heavy (non-hydrogen) atoms. The molecule has 1 aromatic carbocycles. The molecule has 0 unspecified atom stereocenters. The van der Waals surface area contributed by atoms with Crippen LogP contribution in [0.4, 0.5) is 11.4 Å². The molecule has 0 saturated carbocycles. The predicted molar refractivity (Wildman–Crippen MR) is 82.5 cm³/mol. The van der Waals surface area contributed by atoms with E-state index in [2.05, 4.69) is 10.4 Å². The van der Waals surface area contributed by atoms with Crippen LogP contribution in [0.15, 0.2) is 18.3 Å². The summed E-state index contributed by atoms with van der Waals surface area (Å²) in [6.45, 7) is 6.40. The summed E-state index contributed by atoms with van der Waals surface area (Å²) in [7, 11) is 1.88. The second kappa shape index (κ2) is 5.95. The van der Waals surface area contributed by atoms with Gasteiger partial charge in [-0.25, -0.2) is 0 Å². The van der Waals surface area contributed by atoms with E-state index in [1.54, 1.807) is 10.7 Å². The first kappa shape index (κ1) is 15.0. The number of aryl methyl sites for hydroxylation is 4. The van der Waals surface area contributed by atoms with Crippen molar-refractivity contribution in [3.05, 3.63) is 50.8 Å². The molecule has 0 aliphatic heterocycles. The highest BCUT2D eigenvalue weighted by atomic mass is 16.6. The lowest BCUT2D eigenvalue weighted by Gasteiger charge is -2.09. The highest BCUT2D eigenvalue weighted by Gasteiger charge is 2.16. The Balaban J connectivity index is 2.27. The Kier molecular flexibility index (Phi) is 4.26. The topological polar surface area (TPSA) is 73.0 Å². The Bertz CT molecular complexity index is 677. The largest absolute Gasteiger partial charge is 0.375 e. The van der Waals surface area contributed by atoms with Crippen LogP contribution in [0.3, 0.4) is 0 Å². The van der Waals surface area contributed by atoms with Gasteiger partial charge in [0.1, 0.15) is 5.69 Å². The van der Waals surface area contributed by atoms with Crippen molar-refractivity contribution in [2.24, 2.45) is 7.05 Å². The molecule has 0 radical (unpaired) electrons. The van der Waals surface area contributed by atoms with Crippen LogP contribution < -0.4 is 5.32 Å². The molecule has 6 nitrogen and oxygen atoms in total. The fourth-order valence-corrected chi connectivity index (χ4v) is 2.31. The molecule has 0 spiro atoms.